The van der Waals surface area contributed by atoms with Crippen LogP contribution in [0.5, 0.6) is 0 Å². The summed E-state index contributed by atoms with van der Waals surface area (Å²) in [6.07, 6.45) is 13.2. The van der Waals surface area contributed by atoms with Gasteiger partial charge in [0.1, 0.15) is 5.78 Å². The predicted molar refractivity (Wildman–Crippen MR) is 123 cm³/mol. The molecule has 1 N–H and O–H groups in total. The molecule has 3 rings (SSSR count). The van der Waals surface area contributed by atoms with Crippen molar-refractivity contribution in [3.05, 3.63) is 24.0 Å². The van der Waals surface area contributed by atoms with Crippen molar-refractivity contribution in [2.75, 3.05) is 19.8 Å². The summed E-state index contributed by atoms with van der Waals surface area (Å²) in [6, 6.07) is 0. The van der Waals surface area contributed by atoms with Gasteiger partial charge in [-0.25, -0.2) is 4.79 Å². The van der Waals surface area contributed by atoms with Crippen LogP contribution in [0.15, 0.2) is 24.0 Å². The molecule has 0 radical (unpaired) electrons. The maximum atomic E-state index is 12.4. The average molecular weight is 465 g/mol. The highest BCUT2D eigenvalue weighted by Crippen LogP contribution is 2.36. The maximum absolute atomic E-state index is 12.4. The molecule has 0 aromatic rings. The molecular weight excluding hydrogens is 424 g/mol. The van der Waals surface area contributed by atoms with Gasteiger partial charge in [-0.2, -0.15) is 0 Å². The van der Waals surface area contributed by atoms with Crippen LogP contribution < -0.4 is 0 Å². The van der Waals surface area contributed by atoms with Crippen molar-refractivity contribution in [1.82, 2.24) is 0 Å². The molecule has 0 amide bonds. The van der Waals surface area contributed by atoms with Gasteiger partial charge in [-0.05, 0) is 63.4 Å². The second kappa shape index (κ2) is 12.7. The van der Waals surface area contributed by atoms with Gasteiger partial charge in [-0.1, -0.05) is 26.0 Å². The summed E-state index contributed by atoms with van der Waals surface area (Å²) in [5.74, 6) is -0.336. The topological polar surface area (TPSA) is 91.3 Å². The van der Waals surface area contributed by atoms with Crippen molar-refractivity contribution >= 4 is 11.8 Å². The minimum atomic E-state index is -1.10. The summed E-state index contributed by atoms with van der Waals surface area (Å²) >= 11 is 0. The first-order chi connectivity index (χ1) is 15.8. The van der Waals surface area contributed by atoms with Crippen LogP contribution in [0.2, 0.25) is 0 Å². The fourth-order valence-corrected chi connectivity index (χ4v) is 4.79. The Morgan fingerprint density at radius 2 is 1.91 bits per heavy atom. The van der Waals surface area contributed by atoms with Gasteiger partial charge in [0, 0.05) is 24.2 Å². The number of carboxylic acids is 1. The van der Waals surface area contributed by atoms with E-state index in [-0.39, 0.29) is 23.4 Å². The Morgan fingerprint density at radius 1 is 1.12 bits per heavy atom. The minimum absolute atomic E-state index is 0.0865. The van der Waals surface area contributed by atoms with Crippen molar-refractivity contribution in [2.45, 2.75) is 90.6 Å². The summed E-state index contributed by atoms with van der Waals surface area (Å²) in [4.78, 5) is 23.8. The van der Waals surface area contributed by atoms with E-state index in [1.807, 2.05) is 6.08 Å². The van der Waals surface area contributed by atoms with Gasteiger partial charge >= 0.3 is 5.97 Å². The number of ketones is 1. The van der Waals surface area contributed by atoms with E-state index in [0.717, 1.165) is 64.6 Å². The van der Waals surface area contributed by atoms with Gasteiger partial charge in [0.15, 0.2) is 12.6 Å². The molecule has 3 fully saturated rings. The van der Waals surface area contributed by atoms with E-state index < -0.39 is 12.3 Å². The molecule has 2 saturated heterocycles. The first-order valence-corrected chi connectivity index (χ1v) is 12.5. The zero-order chi connectivity index (χ0) is 23.7. The summed E-state index contributed by atoms with van der Waals surface area (Å²) in [5, 5.41) is 9.36. The normalized spacial score (nSPS) is 29.0. The summed E-state index contributed by atoms with van der Waals surface area (Å²) in [7, 11) is 0. The van der Waals surface area contributed by atoms with Crippen molar-refractivity contribution in [3.8, 4) is 0 Å². The number of hydrogen-bond donors (Lipinski definition) is 1. The summed E-state index contributed by atoms with van der Waals surface area (Å²) in [5.41, 5.74) is 0.0865. The number of aliphatic carboxylic acids is 1. The highest BCUT2D eigenvalue weighted by atomic mass is 16.7. The van der Waals surface area contributed by atoms with E-state index in [1.165, 1.54) is 6.08 Å². The van der Waals surface area contributed by atoms with Crippen LogP contribution in [-0.4, -0.2) is 49.3 Å². The van der Waals surface area contributed by atoms with Crippen LogP contribution in [0, 0.1) is 17.3 Å². The molecule has 0 bridgehead atoms. The highest BCUT2D eigenvalue weighted by molar-refractivity contribution is 5.84. The van der Waals surface area contributed by atoms with E-state index in [2.05, 4.69) is 13.8 Å². The fraction of sp³-hybridized carbons (Fsp3) is 0.769. The highest BCUT2D eigenvalue weighted by Gasteiger charge is 2.34. The van der Waals surface area contributed by atoms with E-state index in [9.17, 15) is 14.7 Å². The van der Waals surface area contributed by atoms with Crippen molar-refractivity contribution in [3.63, 3.8) is 0 Å². The zero-order valence-corrected chi connectivity index (χ0v) is 20.1. The van der Waals surface area contributed by atoms with Crippen LogP contribution in [0.1, 0.15) is 78.1 Å². The minimum Gasteiger partial charge on any atom is -0.475 e. The Hall–Kier alpha value is -1.70. The van der Waals surface area contributed by atoms with Gasteiger partial charge in [0.25, 0.3) is 0 Å². The number of rotatable bonds is 11. The third kappa shape index (κ3) is 8.54. The van der Waals surface area contributed by atoms with Crippen LogP contribution in [0.25, 0.3) is 0 Å². The van der Waals surface area contributed by atoms with Gasteiger partial charge in [0.05, 0.1) is 19.8 Å². The van der Waals surface area contributed by atoms with E-state index >= 15 is 0 Å². The second-order valence-corrected chi connectivity index (χ2v) is 10.3. The van der Waals surface area contributed by atoms with Gasteiger partial charge in [-0.3, -0.25) is 4.79 Å². The van der Waals surface area contributed by atoms with Gasteiger partial charge in [-0.15, -0.1) is 0 Å². The molecule has 186 valence electrons. The number of carboxylic acid groups (broad SMARTS) is 1. The van der Waals surface area contributed by atoms with E-state index in [0.29, 0.717) is 31.1 Å². The van der Waals surface area contributed by atoms with E-state index in [1.54, 1.807) is 6.08 Å². The van der Waals surface area contributed by atoms with Gasteiger partial charge in [0.2, 0.25) is 5.76 Å². The number of ether oxygens (including phenoxy) is 4. The number of Topliss-reactive ketones (excluding diaryl/α,β-unsaturated/α-hetero) is 1. The van der Waals surface area contributed by atoms with Crippen LogP contribution >= 0.6 is 0 Å². The quantitative estimate of drug-likeness (QED) is 0.261. The average Bonchev–Trinajstić information content (AvgIpc) is 3.14. The molecule has 0 aromatic heterocycles. The first kappa shape index (κ1) is 25.9. The molecule has 33 heavy (non-hydrogen) atoms. The lowest BCUT2D eigenvalue weighted by Crippen LogP contribution is -2.37. The predicted octanol–water partition coefficient (Wildman–Crippen LogP) is 5.00. The standard InChI is InChI=1S/C26H40O7/c1-26(2)17-31-23(32-18-26)13-8-9-19-14-15-21(27)20(19)10-4-3-5-11-22(25(28)29)33-24-12-6-7-16-30-24/h3,5,11,19-20,23-24H,4,6-10,12-18H2,1-2H3,(H,28,29)/t19-,20+,24?/m0/s1. The molecular formula is C26H40O7. The zero-order valence-electron chi connectivity index (χ0n) is 20.1. The van der Waals surface area contributed by atoms with Crippen molar-refractivity contribution in [1.29, 1.82) is 0 Å². The Balaban J connectivity index is 1.39. The molecule has 7 nitrogen and oxygen atoms in total. The lowest BCUT2D eigenvalue weighted by molar-refractivity contribution is -0.224. The van der Waals surface area contributed by atoms with Crippen molar-refractivity contribution < 1.29 is 33.6 Å². The third-order valence-corrected chi connectivity index (χ3v) is 6.71. The Labute approximate surface area is 197 Å². The first-order valence-electron chi connectivity index (χ1n) is 12.5. The number of hydrogen-bond acceptors (Lipinski definition) is 6. The van der Waals surface area contributed by atoms with Crippen LogP contribution in [0.4, 0.5) is 0 Å². The largest absolute Gasteiger partial charge is 0.475 e. The molecule has 1 unspecified atom stereocenters. The molecule has 0 aromatic carbocycles. The fourth-order valence-electron chi connectivity index (χ4n) is 4.79. The smallest absolute Gasteiger partial charge is 0.371 e. The van der Waals surface area contributed by atoms with Gasteiger partial charge < -0.3 is 24.1 Å². The lowest BCUT2D eigenvalue weighted by atomic mass is 9.87. The third-order valence-electron chi connectivity index (χ3n) is 6.71. The molecule has 7 heteroatoms. The summed E-state index contributed by atoms with van der Waals surface area (Å²) in [6.45, 7) is 6.34. The maximum Gasteiger partial charge on any atom is 0.371 e. The SMILES string of the molecule is CC1(C)COC(CCC[C@H]2CCC(=O)[C@@H]2CCC=CC=C(OC2CCCCO2)C(=O)O)OC1. The van der Waals surface area contributed by atoms with Crippen molar-refractivity contribution in [2.24, 2.45) is 17.3 Å². The Bertz CT molecular complexity index is 695. The molecule has 1 saturated carbocycles. The molecule has 2 aliphatic heterocycles. The summed E-state index contributed by atoms with van der Waals surface area (Å²) < 4.78 is 22.6. The molecule has 1 aliphatic carbocycles. The Morgan fingerprint density at radius 3 is 2.61 bits per heavy atom. The molecule has 0 spiro atoms. The second-order valence-electron chi connectivity index (χ2n) is 10.3. The molecule has 2 heterocycles. The van der Waals surface area contributed by atoms with E-state index in [4.69, 9.17) is 18.9 Å². The van der Waals surface area contributed by atoms with Crippen LogP contribution in [-0.2, 0) is 28.5 Å². The number of allylic oxidation sites excluding steroid dienone is 3. The number of carbonyl (C=O) groups excluding carboxylic acids is 1. The Kier molecular flexibility index (Phi) is 9.95. The molecule has 3 aliphatic rings. The number of carbonyl (C=O) groups is 2. The lowest BCUT2D eigenvalue weighted by Gasteiger charge is -2.34. The molecule has 3 atom stereocenters. The van der Waals surface area contributed by atoms with Crippen LogP contribution in [0.3, 0.4) is 0 Å². The monoisotopic (exact) mass is 464 g/mol.